The summed E-state index contributed by atoms with van der Waals surface area (Å²) in [6.07, 6.45) is 0.215. The highest BCUT2D eigenvalue weighted by molar-refractivity contribution is 5.94. The first-order chi connectivity index (χ1) is 9.31. The molecular formula is C15H23FN2O2. The molecule has 5 heteroatoms. The van der Waals surface area contributed by atoms with E-state index in [0.29, 0.717) is 24.2 Å². The van der Waals surface area contributed by atoms with Crippen LogP contribution in [0, 0.1) is 12.7 Å². The van der Waals surface area contributed by atoms with Gasteiger partial charge in [-0.2, -0.15) is 0 Å². The molecule has 1 aromatic rings. The lowest BCUT2D eigenvalue weighted by Gasteiger charge is -2.24. The second-order valence-corrected chi connectivity index (χ2v) is 5.25. The summed E-state index contributed by atoms with van der Waals surface area (Å²) in [5.74, 6) is -0.528. The smallest absolute Gasteiger partial charge is 0.241 e. The number of nitrogens with zero attached hydrogens (tertiary/aromatic N) is 1. The molecule has 2 N–H and O–H groups in total. The van der Waals surface area contributed by atoms with Crippen LogP contribution in [-0.2, 0) is 4.79 Å². The van der Waals surface area contributed by atoms with Crippen molar-refractivity contribution in [1.29, 1.82) is 0 Å². The number of anilines is 1. The molecule has 1 amide bonds. The average Bonchev–Trinajstić information content (AvgIpc) is 2.39. The van der Waals surface area contributed by atoms with Gasteiger partial charge in [-0.25, -0.2) is 4.39 Å². The second kappa shape index (κ2) is 7.36. The number of carbonyl (C=O) groups excluding carboxylic acids is 1. The van der Waals surface area contributed by atoms with Gasteiger partial charge in [-0.3, -0.25) is 9.69 Å². The van der Waals surface area contributed by atoms with E-state index in [0.717, 1.165) is 0 Å². The van der Waals surface area contributed by atoms with E-state index < -0.39 is 0 Å². The summed E-state index contributed by atoms with van der Waals surface area (Å²) in [7, 11) is 1.82. The summed E-state index contributed by atoms with van der Waals surface area (Å²) in [5, 5.41) is 11.9. The number of aryl methyl sites for hydroxylation is 1. The zero-order valence-electron chi connectivity index (χ0n) is 12.5. The monoisotopic (exact) mass is 282 g/mol. The van der Waals surface area contributed by atoms with Gasteiger partial charge in [-0.05, 0) is 51.9 Å². The molecule has 0 bridgehead atoms. The molecule has 2 atom stereocenters. The standard InChI is InChI=1S/C15H23FN2O2/c1-10-5-6-13(9-14(10)16)17-15(20)12(3)18(4)8-7-11(2)19/h5-6,9,11-12,19H,7-8H2,1-4H3,(H,17,20). The topological polar surface area (TPSA) is 52.6 Å². The van der Waals surface area contributed by atoms with Crippen LogP contribution in [0.3, 0.4) is 0 Å². The van der Waals surface area contributed by atoms with Crippen LogP contribution in [0.15, 0.2) is 18.2 Å². The van der Waals surface area contributed by atoms with Crippen molar-refractivity contribution >= 4 is 11.6 Å². The lowest BCUT2D eigenvalue weighted by molar-refractivity contribution is -0.120. The maximum Gasteiger partial charge on any atom is 0.241 e. The van der Waals surface area contributed by atoms with Gasteiger partial charge in [0.05, 0.1) is 12.1 Å². The molecular weight excluding hydrogens is 259 g/mol. The Labute approximate surface area is 119 Å². The summed E-state index contributed by atoms with van der Waals surface area (Å²) >= 11 is 0. The van der Waals surface area contributed by atoms with Crippen molar-refractivity contribution in [3.8, 4) is 0 Å². The molecule has 0 saturated carbocycles. The van der Waals surface area contributed by atoms with E-state index in [4.69, 9.17) is 0 Å². The third-order valence-electron chi connectivity index (χ3n) is 3.38. The molecule has 1 aromatic carbocycles. The number of aliphatic hydroxyl groups is 1. The number of hydrogen-bond acceptors (Lipinski definition) is 3. The number of amides is 1. The Hall–Kier alpha value is -1.46. The summed E-state index contributed by atoms with van der Waals surface area (Å²) in [4.78, 5) is 13.9. The SMILES string of the molecule is Cc1ccc(NC(=O)C(C)N(C)CCC(C)O)cc1F. The Morgan fingerprint density at radius 3 is 2.65 bits per heavy atom. The van der Waals surface area contributed by atoms with Crippen LogP contribution in [0.5, 0.6) is 0 Å². The highest BCUT2D eigenvalue weighted by atomic mass is 19.1. The van der Waals surface area contributed by atoms with E-state index in [1.165, 1.54) is 6.07 Å². The Morgan fingerprint density at radius 1 is 1.45 bits per heavy atom. The quantitative estimate of drug-likeness (QED) is 0.840. The van der Waals surface area contributed by atoms with E-state index in [1.54, 1.807) is 32.9 Å². The Morgan fingerprint density at radius 2 is 2.10 bits per heavy atom. The van der Waals surface area contributed by atoms with Crippen LogP contribution in [0.25, 0.3) is 0 Å². The fourth-order valence-corrected chi connectivity index (χ4v) is 1.70. The van der Waals surface area contributed by atoms with Gasteiger partial charge >= 0.3 is 0 Å². The Balaban J connectivity index is 2.58. The number of rotatable bonds is 6. The first kappa shape index (κ1) is 16.6. The van der Waals surface area contributed by atoms with Crippen LogP contribution in [0.4, 0.5) is 10.1 Å². The normalized spacial score (nSPS) is 14.2. The number of hydrogen-bond donors (Lipinski definition) is 2. The zero-order chi connectivity index (χ0) is 15.3. The number of nitrogens with one attached hydrogen (secondary N) is 1. The lowest BCUT2D eigenvalue weighted by Crippen LogP contribution is -2.40. The molecule has 20 heavy (non-hydrogen) atoms. The molecule has 0 aliphatic carbocycles. The molecule has 0 aliphatic heterocycles. The largest absolute Gasteiger partial charge is 0.393 e. The minimum absolute atomic E-state index is 0.193. The molecule has 0 radical (unpaired) electrons. The third-order valence-corrected chi connectivity index (χ3v) is 3.38. The van der Waals surface area contributed by atoms with E-state index in [1.807, 2.05) is 11.9 Å². The van der Waals surface area contributed by atoms with Crippen molar-refractivity contribution in [2.75, 3.05) is 18.9 Å². The minimum atomic E-state index is -0.390. The number of carbonyl (C=O) groups is 1. The molecule has 112 valence electrons. The van der Waals surface area contributed by atoms with Crippen molar-refractivity contribution in [1.82, 2.24) is 4.90 Å². The molecule has 0 saturated heterocycles. The van der Waals surface area contributed by atoms with Gasteiger partial charge < -0.3 is 10.4 Å². The highest BCUT2D eigenvalue weighted by Crippen LogP contribution is 2.14. The predicted molar refractivity (Wildman–Crippen MR) is 78.2 cm³/mol. The maximum atomic E-state index is 13.4. The van der Waals surface area contributed by atoms with Gasteiger partial charge in [0.1, 0.15) is 5.82 Å². The first-order valence-electron chi connectivity index (χ1n) is 6.76. The van der Waals surface area contributed by atoms with E-state index in [-0.39, 0.29) is 23.9 Å². The van der Waals surface area contributed by atoms with Gasteiger partial charge in [0, 0.05) is 12.2 Å². The Bertz CT molecular complexity index is 463. The fraction of sp³-hybridized carbons (Fsp3) is 0.533. The van der Waals surface area contributed by atoms with Crippen LogP contribution >= 0.6 is 0 Å². The van der Waals surface area contributed by atoms with Crippen molar-refractivity contribution in [3.63, 3.8) is 0 Å². The molecule has 0 heterocycles. The minimum Gasteiger partial charge on any atom is -0.393 e. The third kappa shape index (κ3) is 4.90. The number of likely N-dealkylation sites (N-methyl/N-ethyl adjacent to an activating group) is 1. The molecule has 0 aliphatic rings. The van der Waals surface area contributed by atoms with E-state index in [9.17, 15) is 14.3 Å². The average molecular weight is 282 g/mol. The maximum absolute atomic E-state index is 13.4. The first-order valence-corrected chi connectivity index (χ1v) is 6.76. The molecule has 0 aromatic heterocycles. The van der Waals surface area contributed by atoms with Crippen LogP contribution in [0.2, 0.25) is 0 Å². The van der Waals surface area contributed by atoms with Crippen LogP contribution in [0.1, 0.15) is 25.8 Å². The van der Waals surface area contributed by atoms with Gasteiger partial charge in [0.15, 0.2) is 0 Å². The van der Waals surface area contributed by atoms with Gasteiger partial charge in [0.25, 0.3) is 0 Å². The fourth-order valence-electron chi connectivity index (χ4n) is 1.70. The van der Waals surface area contributed by atoms with Crippen molar-refractivity contribution in [2.45, 2.75) is 39.3 Å². The number of aliphatic hydroxyl groups excluding tert-OH is 1. The van der Waals surface area contributed by atoms with Gasteiger partial charge in [-0.15, -0.1) is 0 Å². The molecule has 0 spiro atoms. The second-order valence-electron chi connectivity index (χ2n) is 5.25. The van der Waals surface area contributed by atoms with Crippen molar-refractivity contribution in [3.05, 3.63) is 29.6 Å². The summed E-state index contributed by atoms with van der Waals surface area (Å²) in [6.45, 7) is 5.79. The highest BCUT2D eigenvalue weighted by Gasteiger charge is 2.18. The van der Waals surface area contributed by atoms with Crippen molar-refractivity contribution in [2.24, 2.45) is 0 Å². The van der Waals surface area contributed by atoms with Crippen molar-refractivity contribution < 1.29 is 14.3 Å². The Kier molecular flexibility index (Phi) is 6.10. The summed E-state index contributed by atoms with van der Waals surface area (Å²) < 4.78 is 13.4. The molecule has 1 rings (SSSR count). The zero-order valence-corrected chi connectivity index (χ0v) is 12.5. The molecule has 0 fully saturated rings. The molecule has 4 nitrogen and oxygen atoms in total. The van der Waals surface area contributed by atoms with Gasteiger partial charge in [0.2, 0.25) is 5.91 Å². The number of benzene rings is 1. The van der Waals surface area contributed by atoms with E-state index in [2.05, 4.69) is 5.32 Å². The van der Waals surface area contributed by atoms with E-state index >= 15 is 0 Å². The predicted octanol–water partition coefficient (Wildman–Crippen LogP) is 2.16. The van der Waals surface area contributed by atoms with Crippen LogP contribution < -0.4 is 5.32 Å². The summed E-state index contributed by atoms with van der Waals surface area (Å²) in [6, 6.07) is 4.28. The number of halogens is 1. The van der Waals surface area contributed by atoms with Gasteiger partial charge in [-0.1, -0.05) is 6.07 Å². The summed E-state index contributed by atoms with van der Waals surface area (Å²) in [5.41, 5.74) is 0.999. The molecule has 2 unspecified atom stereocenters. The van der Waals surface area contributed by atoms with Crippen LogP contribution in [-0.4, -0.2) is 41.7 Å². The lowest BCUT2D eigenvalue weighted by atomic mass is 10.2.